The number of carbonyl (C=O) groups excluding carboxylic acids is 1. The third-order valence-electron chi connectivity index (χ3n) is 2.51. The van der Waals surface area contributed by atoms with E-state index < -0.39 is 0 Å². The first-order valence-corrected chi connectivity index (χ1v) is 5.53. The molecule has 0 aliphatic carbocycles. The van der Waals surface area contributed by atoms with Gasteiger partial charge in [-0.05, 0) is 30.9 Å². The molecule has 0 saturated heterocycles. The minimum absolute atomic E-state index is 0.169. The number of benzene rings is 1. The van der Waals surface area contributed by atoms with Crippen molar-refractivity contribution in [1.29, 1.82) is 0 Å². The van der Waals surface area contributed by atoms with Crippen molar-refractivity contribution >= 4 is 11.5 Å². The molecular weight excluding hydrogens is 186 g/mol. The van der Waals surface area contributed by atoms with Crippen LogP contribution in [0.5, 0.6) is 0 Å². The van der Waals surface area contributed by atoms with Crippen LogP contribution < -0.4 is 5.32 Å². The molecule has 2 heteroatoms. The summed E-state index contributed by atoms with van der Waals surface area (Å²) in [4.78, 5) is 11.0. The molecule has 0 atom stereocenters. The number of rotatable bonds is 5. The maximum Gasteiger partial charge on any atom is 0.148 e. The summed E-state index contributed by atoms with van der Waals surface area (Å²) in [6.45, 7) is 6.29. The maximum atomic E-state index is 11.0. The first-order chi connectivity index (χ1) is 7.19. The number of carbonyl (C=O) groups is 1. The fourth-order valence-electron chi connectivity index (χ4n) is 1.68. The second-order valence-electron chi connectivity index (χ2n) is 3.71. The Morgan fingerprint density at radius 3 is 2.13 bits per heavy atom. The topological polar surface area (TPSA) is 29.1 Å². The predicted molar refractivity (Wildman–Crippen MR) is 64.4 cm³/mol. The van der Waals surface area contributed by atoms with Crippen LogP contribution in [0.4, 0.5) is 5.69 Å². The number of nitrogens with one attached hydrogen (secondary N) is 1. The summed E-state index contributed by atoms with van der Waals surface area (Å²) in [6.07, 6.45) is 1.99. The van der Waals surface area contributed by atoms with Gasteiger partial charge in [-0.25, -0.2) is 0 Å². The standard InChI is InChI=1S/C13H19NO/c1-4-11-7-6-8-12(5-2)13(11)14-9-10(3)15/h6-8,14H,4-5,9H2,1-3H3. The Balaban J connectivity index is 2.94. The molecule has 0 unspecified atom stereocenters. The summed E-state index contributed by atoms with van der Waals surface area (Å²) in [5.41, 5.74) is 3.73. The molecular formula is C13H19NO. The summed E-state index contributed by atoms with van der Waals surface area (Å²) >= 11 is 0. The van der Waals surface area contributed by atoms with Crippen LogP contribution in [0.3, 0.4) is 0 Å². The fourth-order valence-corrected chi connectivity index (χ4v) is 1.68. The van der Waals surface area contributed by atoms with Gasteiger partial charge in [-0.2, -0.15) is 0 Å². The monoisotopic (exact) mass is 205 g/mol. The maximum absolute atomic E-state index is 11.0. The van der Waals surface area contributed by atoms with Crippen LogP contribution in [0.1, 0.15) is 31.9 Å². The van der Waals surface area contributed by atoms with E-state index in [4.69, 9.17) is 0 Å². The number of Topliss-reactive ketones (excluding diaryl/α,β-unsaturated/α-hetero) is 1. The van der Waals surface area contributed by atoms with E-state index in [9.17, 15) is 4.79 Å². The molecule has 0 spiro atoms. The molecule has 15 heavy (non-hydrogen) atoms. The lowest BCUT2D eigenvalue weighted by atomic mass is 10.0. The lowest BCUT2D eigenvalue weighted by molar-refractivity contribution is -0.115. The average molecular weight is 205 g/mol. The molecule has 2 nitrogen and oxygen atoms in total. The van der Waals surface area contributed by atoms with E-state index in [1.807, 2.05) is 0 Å². The van der Waals surface area contributed by atoms with Gasteiger partial charge in [-0.1, -0.05) is 32.0 Å². The number of hydrogen-bond donors (Lipinski definition) is 1. The molecule has 0 amide bonds. The van der Waals surface area contributed by atoms with Crippen molar-refractivity contribution in [1.82, 2.24) is 0 Å². The fraction of sp³-hybridized carbons (Fsp3) is 0.462. The normalized spacial score (nSPS) is 10.1. The van der Waals surface area contributed by atoms with Gasteiger partial charge >= 0.3 is 0 Å². The van der Waals surface area contributed by atoms with Crippen LogP contribution in [0.2, 0.25) is 0 Å². The summed E-state index contributed by atoms with van der Waals surface area (Å²) in [5.74, 6) is 0.169. The van der Waals surface area contributed by atoms with Crippen molar-refractivity contribution in [3.8, 4) is 0 Å². The van der Waals surface area contributed by atoms with Crippen LogP contribution in [0.15, 0.2) is 18.2 Å². The van der Waals surface area contributed by atoms with Gasteiger partial charge in [0.1, 0.15) is 5.78 Å². The molecule has 0 aromatic heterocycles. The molecule has 1 N–H and O–H groups in total. The van der Waals surface area contributed by atoms with E-state index in [-0.39, 0.29) is 5.78 Å². The lowest BCUT2D eigenvalue weighted by Gasteiger charge is -2.14. The molecule has 0 fully saturated rings. The molecule has 0 saturated carbocycles. The van der Waals surface area contributed by atoms with Gasteiger partial charge in [-0.15, -0.1) is 0 Å². The lowest BCUT2D eigenvalue weighted by Crippen LogP contribution is -2.12. The molecule has 0 heterocycles. The molecule has 0 aliphatic rings. The zero-order chi connectivity index (χ0) is 11.3. The summed E-state index contributed by atoms with van der Waals surface area (Å²) < 4.78 is 0. The molecule has 1 rings (SSSR count). The van der Waals surface area contributed by atoms with E-state index >= 15 is 0 Å². The summed E-state index contributed by atoms with van der Waals surface area (Å²) in [6, 6.07) is 6.31. The van der Waals surface area contributed by atoms with Crippen LogP contribution >= 0.6 is 0 Å². The first-order valence-electron chi connectivity index (χ1n) is 5.53. The number of para-hydroxylation sites is 1. The van der Waals surface area contributed by atoms with Crippen LogP contribution in [-0.2, 0) is 17.6 Å². The zero-order valence-corrected chi connectivity index (χ0v) is 9.76. The third kappa shape index (κ3) is 3.08. The Morgan fingerprint density at radius 1 is 1.20 bits per heavy atom. The van der Waals surface area contributed by atoms with Gasteiger partial charge in [0.15, 0.2) is 0 Å². The van der Waals surface area contributed by atoms with Gasteiger partial charge in [0, 0.05) is 5.69 Å². The summed E-state index contributed by atoms with van der Waals surface area (Å²) in [7, 11) is 0. The van der Waals surface area contributed by atoms with Crippen molar-refractivity contribution in [3.05, 3.63) is 29.3 Å². The van der Waals surface area contributed by atoms with Crippen LogP contribution in [-0.4, -0.2) is 12.3 Å². The Kier molecular flexibility index (Phi) is 4.35. The highest BCUT2D eigenvalue weighted by atomic mass is 16.1. The van der Waals surface area contributed by atoms with Gasteiger partial charge in [0.05, 0.1) is 6.54 Å². The number of hydrogen-bond acceptors (Lipinski definition) is 2. The summed E-state index contributed by atoms with van der Waals surface area (Å²) in [5, 5.41) is 3.23. The zero-order valence-electron chi connectivity index (χ0n) is 9.76. The average Bonchev–Trinajstić information content (AvgIpc) is 2.25. The molecule has 0 aliphatic heterocycles. The van der Waals surface area contributed by atoms with Crippen molar-refractivity contribution in [2.75, 3.05) is 11.9 Å². The van der Waals surface area contributed by atoms with Crippen molar-refractivity contribution in [3.63, 3.8) is 0 Å². The van der Waals surface area contributed by atoms with Crippen molar-refractivity contribution in [2.24, 2.45) is 0 Å². The highest BCUT2D eigenvalue weighted by Crippen LogP contribution is 2.22. The van der Waals surface area contributed by atoms with E-state index in [1.54, 1.807) is 6.92 Å². The van der Waals surface area contributed by atoms with E-state index in [0.29, 0.717) is 6.54 Å². The predicted octanol–water partition coefficient (Wildman–Crippen LogP) is 2.81. The van der Waals surface area contributed by atoms with Gasteiger partial charge in [0.2, 0.25) is 0 Å². The van der Waals surface area contributed by atoms with Gasteiger partial charge in [0.25, 0.3) is 0 Å². The van der Waals surface area contributed by atoms with Crippen LogP contribution in [0, 0.1) is 0 Å². The van der Waals surface area contributed by atoms with Gasteiger partial charge < -0.3 is 5.32 Å². The number of aryl methyl sites for hydroxylation is 2. The largest absolute Gasteiger partial charge is 0.378 e. The molecule has 1 aromatic rings. The minimum Gasteiger partial charge on any atom is -0.378 e. The SMILES string of the molecule is CCc1cccc(CC)c1NCC(C)=O. The Morgan fingerprint density at radius 2 is 1.73 bits per heavy atom. The Labute approximate surface area is 91.7 Å². The molecule has 1 aromatic carbocycles. The van der Waals surface area contributed by atoms with Crippen molar-refractivity contribution in [2.45, 2.75) is 33.6 Å². The highest BCUT2D eigenvalue weighted by molar-refractivity contribution is 5.81. The van der Waals surface area contributed by atoms with Crippen LogP contribution in [0.25, 0.3) is 0 Å². The molecule has 82 valence electrons. The number of ketones is 1. The van der Waals surface area contributed by atoms with E-state index in [2.05, 4.69) is 37.4 Å². The number of anilines is 1. The smallest absolute Gasteiger partial charge is 0.148 e. The highest BCUT2D eigenvalue weighted by Gasteiger charge is 2.05. The van der Waals surface area contributed by atoms with E-state index in [1.165, 1.54) is 11.1 Å². The second-order valence-corrected chi connectivity index (χ2v) is 3.71. The second kappa shape index (κ2) is 5.54. The first kappa shape index (κ1) is 11.8. The third-order valence-corrected chi connectivity index (χ3v) is 2.51. The molecule has 0 bridgehead atoms. The Bertz CT molecular complexity index is 322. The molecule has 0 radical (unpaired) electrons. The van der Waals surface area contributed by atoms with E-state index in [0.717, 1.165) is 18.5 Å². The van der Waals surface area contributed by atoms with Crippen molar-refractivity contribution < 1.29 is 4.79 Å². The van der Waals surface area contributed by atoms with Gasteiger partial charge in [-0.3, -0.25) is 4.79 Å². The quantitative estimate of drug-likeness (QED) is 0.800. The minimum atomic E-state index is 0.169. The Hall–Kier alpha value is -1.31.